The lowest BCUT2D eigenvalue weighted by molar-refractivity contribution is 0.0381. The zero-order valence-electron chi connectivity index (χ0n) is 12.2. The van der Waals surface area contributed by atoms with Gasteiger partial charge in [-0.15, -0.1) is 0 Å². The van der Waals surface area contributed by atoms with E-state index >= 15 is 0 Å². The summed E-state index contributed by atoms with van der Waals surface area (Å²) in [7, 11) is 0. The third-order valence-corrected chi connectivity index (χ3v) is 5.19. The van der Waals surface area contributed by atoms with E-state index < -0.39 is 0 Å². The van der Waals surface area contributed by atoms with Crippen LogP contribution in [0.5, 0.6) is 0 Å². The third kappa shape index (κ3) is 2.39. The number of aromatic nitrogens is 3. The standard InChI is InChI=1S/C13H16N6OS2/c1-3-9-11-8(4-14-16-11)12-10(6-20-9)21-13(15-12)17-19-5-7(2)22-18-19/h4-5,9,18H,3,6H2,1-2H3,(H,14,16)(H,15,17). The number of aromatic amines is 1. The van der Waals surface area contributed by atoms with Gasteiger partial charge in [0.2, 0.25) is 5.13 Å². The molecular weight excluding hydrogens is 320 g/mol. The van der Waals surface area contributed by atoms with Crippen molar-refractivity contribution in [3.05, 3.63) is 27.9 Å². The van der Waals surface area contributed by atoms with E-state index in [1.165, 1.54) is 4.91 Å². The van der Waals surface area contributed by atoms with Crippen molar-refractivity contribution >= 4 is 28.4 Å². The van der Waals surface area contributed by atoms with Crippen molar-refractivity contribution in [2.24, 2.45) is 0 Å². The minimum absolute atomic E-state index is 0.0290. The molecule has 0 fully saturated rings. The summed E-state index contributed by atoms with van der Waals surface area (Å²) in [6.07, 6.45) is 4.82. The number of rotatable bonds is 3. The van der Waals surface area contributed by atoms with Crippen LogP contribution in [0.3, 0.4) is 0 Å². The van der Waals surface area contributed by atoms with Gasteiger partial charge < -0.3 is 4.74 Å². The van der Waals surface area contributed by atoms with Gasteiger partial charge in [-0.2, -0.15) is 9.93 Å². The quantitative estimate of drug-likeness (QED) is 0.743. The minimum Gasteiger partial charge on any atom is -0.366 e. The lowest BCUT2D eigenvalue weighted by Gasteiger charge is -2.14. The van der Waals surface area contributed by atoms with E-state index in [1.54, 1.807) is 23.3 Å². The molecule has 4 rings (SSSR count). The number of anilines is 1. The Morgan fingerprint density at radius 3 is 3.23 bits per heavy atom. The maximum Gasteiger partial charge on any atom is 0.203 e. The molecule has 0 aliphatic carbocycles. The monoisotopic (exact) mass is 336 g/mol. The number of thiazole rings is 1. The third-order valence-electron chi connectivity index (χ3n) is 3.55. The van der Waals surface area contributed by atoms with Gasteiger partial charge in [-0.25, -0.2) is 10.1 Å². The zero-order chi connectivity index (χ0) is 15.1. The molecule has 0 bridgehead atoms. The Labute approximate surface area is 136 Å². The molecule has 0 saturated carbocycles. The van der Waals surface area contributed by atoms with Crippen LogP contribution in [0.4, 0.5) is 5.13 Å². The molecule has 116 valence electrons. The summed E-state index contributed by atoms with van der Waals surface area (Å²) in [5.74, 6) is 0. The highest BCUT2D eigenvalue weighted by Crippen LogP contribution is 2.40. The van der Waals surface area contributed by atoms with Gasteiger partial charge >= 0.3 is 0 Å². The second kappa shape index (κ2) is 5.58. The first kappa shape index (κ1) is 14.1. The molecule has 22 heavy (non-hydrogen) atoms. The molecule has 3 N–H and O–H groups in total. The summed E-state index contributed by atoms with van der Waals surface area (Å²) in [6.45, 7) is 4.72. The fourth-order valence-corrected chi connectivity index (χ4v) is 3.92. The molecule has 0 amide bonds. The average Bonchev–Trinajstić information content (AvgIpc) is 3.20. The van der Waals surface area contributed by atoms with Crippen molar-refractivity contribution in [1.82, 2.24) is 25.1 Å². The van der Waals surface area contributed by atoms with Crippen LogP contribution in [0.1, 0.15) is 36.9 Å². The van der Waals surface area contributed by atoms with Gasteiger partial charge in [-0.1, -0.05) is 18.3 Å². The summed E-state index contributed by atoms with van der Waals surface area (Å²) < 4.78 is 5.98. The lowest BCUT2D eigenvalue weighted by Crippen LogP contribution is -2.29. The van der Waals surface area contributed by atoms with E-state index in [-0.39, 0.29) is 6.10 Å². The number of ether oxygens (including phenoxy) is 1. The van der Waals surface area contributed by atoms with Crippen molar-refractivity contribution in [3.8, 4) is 11.3 Å². The maximum absolute atomic E-state index is 5.98. The molecular formula is C13H16N6OS2. The highest BCUT2D eigenvalue weighted by Gasteiger charge is 2.27. The lowest BCUT2D eigenvalue weighted by atomic mass is 10.1. The van der Waals surface area contributed by atoms with Crippen LogP contribution in [-0.4, -0.2) is 20.3 Å². The molecule has 7 nitrogen and oxygen atoms in total. The molecule has 9 heteroatoms. The maximum atomic E-state index is 5.98. The van der Waals surface area contributed by atoms with Gasteiger partial charge in [0.1, 0.15) is 11.8 Å². The Hall–Kier alpha value is -1.55. The van der Waals surface area contributed by atoms with E-state index in [1.807, 2.05) is 24.4 Å². The number of hydrogen-bond acceptors (Lipinski definition) is 8. The molecule has 1 unspecified atom stereocenters. The number of H-pyrrole nitrogens is 1. The summed E-state index contributed by atoms with van der Waals surface area (Å²) in [4.78, 5) is 10.2. The molecule has 2 aliphatic rings. The van der Waals surface area contributed by atoms with Crippen LogP contribution in [-0.2, 0) is 11.3 Å². The Morgan fingerprint density at radius 1 is 1.55 bits per heavy atom. The Kier molecular flexibility index (Phi) is 3.57. The van der Waals surface area contributed by atoms with Crippen LogP contribution in [0.25, 0.3) is 11.3 Å². The van der Waals surface area contributed by atoms with Crippen LogP contribution in [0.15, 0.2) is 17.3 Å². The summed E-state index contributed by atoms with van der Waals surface area (Å²) in [5.41, 5.74) is 6.19. The first-order valence-electron chi connectivity index (χ1n) is 7.06. The highest BCUT2D eigenvalue weighted by atomic mass is 32.2. The van der Waals surface area contributed by atoms with Gasteiger partial charge in [-0.3, -0.25) is 10.5 Å². The van der Waals surface area contributed by atoms with Gasteiger partial charge in [0, 0.05) is 16.7 Å². The van der Waals surface area contributed by atoms with E-state index in [4.69, 9.17) is 9.72 Å². The minimum atomic E-state index is 0.0290. The molecule has 2 aliphatic heterocycles. The van der Waals surface area contributed by atoms with E-state index in [0.29, 0.717) is 6.61 Å². The van der Waals surface area contributed by atoms with E-state index in [2.05, 4.69) is 27.4 Å². The largest absolute Gasteiger partial charge is 0.366 e. The topological polar surface area (TPSA) is 78.1 Å². The smallest absolute Gasteiger partial charge is 0.203 e. The van der Waals surface area contributed by atoms with Gasteiger partial charge in [0.25, 0.3) is 0 Å². The summed E-state index contributed by atoms with van der Waals surface area (Å²) in [6, 6.07) is 0. The second-order valence-corrected chi connectivity index (χ2v) is 7.21. The Balaban J connectivity index is 1.65. The number of nitrogens with zero attached hydrogens (tertiary/aromatic N) is 3. The van der Waals surface area contributed by atoms with Gasteiger partial charge in [0.05, 0.1) is 23.4 Å². The normalized spacial score (nSPS) is 20.4. The Bertz CT molecular complexity index is 724. The van der Waals surface area contributed by atoms with Crippen LogP contribution >= 0.6 is 23.3 Å². The van der Waals surface area contributed by atoms with Crippen molar-refractivity contribution < 1.29 is 4.74 Å². The van der Waals surface area contributed by atoms with Crippen LogP contribution in [0, 0.1) is 0 Å². The molecule has 2 aromatic heterocycles. The number of hydrogen-bond donors (Lipinski definition) is 3. The number of fused-ring (bicyclic) bond motifs is 3. The molecule has 0 spiro atoms. The van der Waals surface area contributed by atoms with Gasteiger partial charge in [0.15, 0.2) is 0 Å². The molecule has 0 aromatic carbocycles. The summed E-state index contributed by atoms with van der Waals surface area (Å²) in [5, 5.41) is 9.93. The molecule has 4 heterocycles. The number of nitrogens with one attached hydrogen (secondary N) is 3. The zero-order valence-corrected chi connectivity index (χ0v) is 13.8. The SMILES string of the molecule is CCC1OCc2sc(NN3C=C(C)SN3)nc2-c2c[nH]nc21. The fourth-order valence-electron chi connectivity index (χ4n) is 2.52. The second-order valence-electron chi connectivity index (χ2n) is 5.10. The van der Waals surface area contributed by atoms with E-state index in [9.17, 15) is 0 Å². The van der Waals surface area contributed by atoms with Crippen LogP contribution < -0.4 is 10.3 Å². The predicted octanol–water partition coefficient (Wildman–Crippen LogP) is 3.17. The first-order valence-corrected chi connectivity index (χ1v) is 8.70. The van der Waals surface area contributed by atoms with Crippen molar-refractivity contribution in [2.75, 3.05) is 5.43 Å². The Morgan fingerprint density at radius 2 is 2.45 bits per heavy atom. The highest BCUT2D eigenvalue weighted by molar-refractivity contribution is 8.01. The average molecular weight is 336 g/mol. The van der Waals surface area contributed by atoms with Crippen molar-refractivity contribution in [2.45, 2.75) is 33.0 Å². The number of allylic oxidation sites excluding steroid dienone is 1. The predicted molar refractivity (Wildman–Crippen MR) is 87.5 cm³/mol. The first-order chi connectivity index (χ1) is 10.7. The van der Waals surface area contributed by atoms with E-state index in [0.717, 1.165) is 33.4 Å². The molecule has 0 saturated heterocycles. The van der Waals surface area contributed by atoms with Gasteiger partial charge in [-0.05, 0) is 25.3 Å². The van der Waals surface area contributed by atoms with Crippen molar-refractivity contribution in [3.63, 3.8) is 0 Å². The molecule has 2 aromatic rings. The number of hydrazine groups is 2. The molecule has 1 atom stereocenters. The van der Waals surface area contributed by atoms with Crippen LogP contribution in [0.2, 0.25) is 0 Å². The summed E-state index contributed by atoms with van der Waals surface area (Å²) >= 11 is 3.17. The fraction of sp³-hybridized carbons (Fsp3) is 0.385. The molecule has 0 radical (unpaired) electrons. The van der Waals surface area contributed by atoms with Crippen molar-refractivity contribution in [1.29, 1.82) is 0 Å².